The van der Waals surface area contributed by atoms with Crippen molar-refractivity contribution >= 4 is 5.69 Å². The summed E-state index contributed by atoms with van der Waals surface area (Å²) < 4.78 is 40.1. The number of rotatable bonds is 3. The molecule has 0 aromatic heterocycles. The molecule has 20 heavy (non-hydrogen) atoms. The Hall–Kier alpha value is -1.43. The molecule has 6 heteroatoms. The molecule has 110 valence electrons. The number of hydrogen-bond acceptors (Lipinski definition) is 3. The van der Waals surface area contributed by atoms with Crippen LogP contribution in [0.4, 0.5) is 18.9 Å². The Balaban J connectivity index is 1.60. The lowest BCUT2D eigenvalue weighted by molar-refractivity contribution is -0.274. The zero-order valence-electron chi connectivity index (χ0n) is 11.0. The average Bonchev–Trinajstić information content (AvgIpc) is 2.76. The lowest BCUT2D eigenvalue weighted by Crippen LogP contribution is -2.39. The quantitative estimate of drug-likeness (QED) is 0.924. The van der Waals surface area contributed by atoms with Crippen molar-refractivity contribution in [1.82, 2.24) is 4.90 Å². The summed E-state index contributed by atoms with van der Waals surface area (Å²) in [5.74, 6) is 0.466. The van der Waals surface area contributed by atoms with Gasteiger partial charge in [-0.2, -0.15) is 0 Å². The van der Waals surface area contributed by atoms with E-state index in [-0.39, 0.29) is 5.75 Å². The number of hydrogen-bond donors (Lipinski definition) is 1. The molecule has 0 aliphatic carbocycles. The molecule has 0 saturated carbocycles. The van der Waals surface area contributed by atoms with Crippen LogP contribution in [0.3, 0.4) is 0 Å². The first-order valence-corrected chi connectivity index (χ1v) is 6.84. The van der Waals surface area contributed by atoms with E-state index in [1.165, 1.54) is 25.1 Å². The maximum Gasteiger partial charge on any atom is 0.573 e. The minimum atomic E-state index is -4.63. The second-order valence-corrected chi connectivity index (χ2v) is 5.46. The molecule has 3 unspecified atom stereocenters. The van der Waals surface area contributed by atoms with Crippen molar-refractivity contribution < 1.29 is 17.9 Å². The van der Waals surface area contributed by atoms with Crippen molar-refractivity contribution in [2.45, 2.75) is 25.2 Å². The molecule has 3 rings (SSSR count). The third kappa shape index (κ3) is 3.17. The zero-order chi connectivity index (χ0) is 14.2. The molecule has 0 amide bonds. The van der Waals surface area contributed by atoms with Gasteiger partial charge in [0.25, 0.3) is 0 Å². The molecular formula is C14H17F3N2O. The van der Waals surface area contributed by atoms with Crippen LogP contribution >= 0.6 is 0 Å². The number of nitrogens with zero attached hydrogens (tertiary/aromatic N) is 1. The van der Waals surface area contributed by atoms with Crippen molar-refractivity contribution in [1.29, 1.82) is 0 Å². The number of fused-ring (bicyclic) bond motifs is 2. The monoisotopic (exact) mass is 286 g/mol. The summed E-state index contributed by atoms with van der Waals surface area (Å²) >= 11 is 0. The van der Waals surface area contributed by atoms with Crippen LogP contribution < -0.4 is 10.1 Å². The first kappa shape index (κ1) is 13.5. The van der Waals surface area contributed by atoms with Crippen LogP contribution in [0.5, 0.6) is 5.75 Å². The van der Waals surface area contributed by atoms with Gasteiger partial charge < -0.3 is 15.0 Å². The Morgan fingerprint density at radius 3 is 2.50 bits per heavy atom. The highest BCUT2D eigenvalue weighted by Gasteiger charge is 2.34. The molecule has 0 radical (unpaired) electrons. The number of ether oxygens (including phenoxy) is 1. The first-order valence-electron chi connectivity index (χ1n) is 6.84. The van der Waals surface area contributed by atoms with Gasteiger partial charge in [-0.15, -0.1) is 13.2 Å². The molecule has 2 aliphatic rings. The third-order valence-electron chi connectivity index (χ3n) is 4.07. The van der Waals surface area contributed by atoms with Crippen LogP contribution in [0.2, 0.25) is 0 Å². The van der Waals surface area contributed by atoms with Gasteiger partial charge in [-0.1, -0.05) is 0 Å². The molecule has 2 heterocycles. The topological polar surface area (TPSA) is 24.5 Å². The maximum absolute atomic E-state index is 12.1. The fourth-order valence-corrected chi connectivity index (χ4v) is 3.11. The van der Waals surface area contributed by atoms with Crippen molar-refractivity contribution in [3.63, 3.8) is 0 Å². The van der Waals surface area contributed by atoms with Crippen molar-refractivity contribution in [3.05, 3.63) is 24.3 Å². The summed E-state index contributed by atoms with van der Waals surface area (Å²) in [6.45, 7) is 3.40. The average molecular weight is 286 g/mol. The molecule has 3 nitrogen and oxygen atoms in total. The number of halogens is 3. The third-order valence-corrected chi connectivity index (χ3v) is 4.07. The fourth-order valence-electron chi connectivity index (χ4n) is 3.11. The molecule has 2 saturated heterocycles. The van der Waals surface area contributed by atoms with Crippen molar-refractivity contribution in [2.24, 2.45) is 5.92 Å². The molecule has 3 atom stereocenters. The van der Waals surface area contributed by atoms with Gasteiger partial charge in [0.15, 0.2) is 0 Å². The number of piperidine rings is 1. The van der Waals surface area contributed by atoms with E-state index >= 15 is 0 Å². The highest BCUT2D eigenvalue weighted by molar-refractivity contribution is 5.47. The number of nitrogens with one attached hydrogen (secondary N) is 1. The van der Waals surface area contributed by atoms with E-state index < -0.39 is 6.36 Å². The Kier molecular flexibility index (Phi) is 3.50. The molecule has 1 aromatic carbocycles. The Labute approximate surface area is 115 Å². The molecule has 1 N–H and O–H groups in total. The number of benzene rings is 1. The largest absolute Gasteiger partial charge is 0.573 e. The van der Waals surface area contributed by atoms with E-state index in [1.807, 2.05) is 0 Å². The molecule has 2 aliphatic heterocycles. The SMILES string of the molecule is FC(F)(F)Oc1ccc(NC2CCN3CCC2C3)cc1. The highest BCUT2D eigenvalue weighted by atomic mass is 19.4. The van der Waals surface area contributed by atoms with Crippen LogP contribution in [0.1, 0.15) is 12.8 Å². The predicted molar refractivity (Wildman–Crippen MR) is 69.7 cm³/mol. The van der Waals surface area contributed by atoms with Gasteiger partial charge in [-0.25, -0.2) is 0 Å². The predicted octanol–water partition coefficient (Wildman–Crippen LogP) is 3.09. The van der Waals surface area contributed by atoms with Gasteiger partial charge in [0, 0.05) is 24.8 Å². The van der Waals surface area contributed by atoms with Gasteiger partial charge in [-0.3, -0.25) is 0 Å². The summed E-state index contributed by atoms with van der Waals surface area (Å²) in [6.07, 6.45) is -2.34. The Morgan fingerprint density at radius 1 is 1.10 bits per heavy atom. The lowest BCUT2D eigenvalue weighted by Gasteiger charge is -2.31. The summed E-state index contributed by atoms with van der Waals surface area (Å²) in [4.78, 5) is 2.46. The molecule has 0 spiro atoms. The minimum absolute atomic E-state index is 0.182. The summed E-state index contributed by atoms with van der Waals surface area (Å²) in [7, 11) is 0. The Bertz CT molecular complexity index is 460. The second kappa shape index (κ2) is 5.16. The van der Waals surface area contributed by atoms with Crippen molar-refractivity contribution in [3.8, 4) is 5.75 Å². The van der Waals surface area contributed by atoms with E-state index in [9.17, 15) is 13.2 Å². The highest BCUT2D eigenvalue weighted by Crippen LogP contribution is 2.30. The van der Waals surface area contributed by atoms with Crippen LogP contribution in [-0.4, -0.2) is 36.9 Å². The maximum atomic E-state index is 12.1. The van der Waals surface area contributed by atoms with Gasteiger partial charge in [-0.05, 0) is 49.6 Å². The zero-order valence-corrected chi connectivity index (χ0v) is 11.0. The van der Waals surface area contributed by atoms with Gasteiger partial charge in [0.2, 0.25) is 0 Å². The van der Waals surface area contributed by atoms with Crippen LogP contribution in [-0.2, 0) is 0 Å². The van der Waals surface area contributed by atoms with E-state index in [1.54, 1.807) is 12.1 Å². The molecule has 2 bridgehead atoms. The standard InChI is InChI=1S/C14H17F3N2O/c15-14(16,17)20-12-3-1-11(2-4-12)18-13-6-8-19-7-5-10(13)9-19/h1-4,10,13,18H,5-9H2. The summed E-state index contributed by atoms with van der Waals surface area (Å²) in [5, 5.41) is 3.44. The van der Waals surface area contributed by atoms with Gasteiger partial charge in [0.05, 0.1) is 0 Å². The van der Waals surface area contributed by atoms with Gasteiger partial charge >= 0.3 is 6.36 Å². The van der Waals surface area contributed by atoms with E-state index in [4.69, 9.17) is 0 Å². The van der Waals surface area contributed by atoms with Crippen LogP contribution in [0.25, 0.3) is 0 Å². The molecule has 2 fully saturated rings. The smallest absolute Gasteiger partial charge is 0.406 e. The normalized spacial score (nSPS) is 29.2. The van der Waals surface area contributed by atoms with E-state index in [0.29, 0.717) is 12.0 Å². The Morgan fingerprint density at radius 2 is 1.80 bits per heavy atom. The van der Waals surface area contributed by atoms with Crippen LogP contribution in [0.15, 0.2) is 24.3 Å². The fraction of sp³-hybridized carbons (Fsp3) is 0.571. The molecule has 1 aromatic rings. The van der Waals surface area contributed by atoms with Crippen LogP contribution in [0, 0.1) is 5.92 Å². The van der Waals surface area contributed by atoms with Crippen molar-refractivity contribution in [2.75, 3.05) is 25.0 Å². The number of alkyl halides is 3. The van der Waals surface area contributed by atoms with Gasteiger partial charge in [0.1, 0.15) is 5.75 Å². The molecular weight excluding hydrogens is 269 g/mol. The summed E-state index contributed by atoms with van der Waals surface area (Å²) in [5.41, 5.74) is 0.852. The minimum Gasteiger partial charge on any atom is -0.406 e. The number of anilines is 1. The van der Waals surface area contributed by atoms with E-state index in [2.05, 4.69) is 15.0 Å². The van der Waals surface area contributed by atoms with E-state index in [0.717, 1.165) is 25.2 Å². The second-order valence-electron chi connectivity index (χ2n) is 5.46. The first-order chi connectivity index (χ1) is 9.49. The summed E-state index contributed by atoms with van der Waals surface area (Å²) in [6, 6.07) is 6.40. The lowest BCUT2D eigenvalue weighted by atomic mass is 9.94.